The highest BCUT2D eigenvalue weighted by Crippen LogP contribution is 2.62. The molecule has 2 aromatic rings. The minimum atomic E-state index is -1.14. The Kier molecular flexibility index (Phi) is 10.8. The van der Waals surface area contributed by atoms with Crippen molar-refractivity contribution >= 4 is 17.5 Å². The predicted octanol–water partition coefficient (Wildman–Crippen LogP) is 10.1. The molecule has 52 heavy (non-hydrogen) atoms. The van der Waals surface area contributed by atoms with Gasteiger partial charge >= 0.3 is 6.03 Å². The zero-order valence-electron chi connectivity index (χ0n) is 32.3. The number of carbonyl (C=O) groups is 2. The molecule has 9 rings (SSSR count). The number of nitrogens with zero attached hydrogens (tertiary/aromatic N) is 1. The molecule has 7 atom stereocenters. The van der Waals surface area contributed by atoms with Gasteiger partial charge in [0.05, 0.1) is 18.2 Å². The fourth-order valence-electron chi connectivity index (χ4n) is 11.5. The van der Waals surface area contributed by atoms with Gasteiger partial charge in [0.15, 0.2) is 5.78 Å². The van der Waals surface area contributed by atoms with Crippen molar-refractivity contribution in [2.45, 2.75) is 142 Å². The Morgan fingerprint density at radius 1 is 0.923 bits per heavy atom. The topological polar surface area (TPSA) is 89.9 Å². The number of allylic oxidation sites excluding steroid dienone is 2. The van der Waals surface area contributed by atoms with Gasteiger partial charge in [-0.1, -0.05) is 82.0 Å². The Morgan fingerprint density at radius 2 is 1.69 bits per heavy atom. The maximum absolute atomic E-state index is 14.5. The van der Waals surface area contributed by atoms with Crippen LogP contribution in [0.25, 0.3) is 0 Å². The molecule has 6 nitrogen and oxygen atoms in total. The average Bonchev–Trinajstić information content (AvgIpc) is 3.39. The summed E-state index contributed by atoms with van der Waals surface area (Å²) >= 11 is 0. The van der Waals surface area contributed by atoms with Crippen molar-refractivity contribution in [2.75, 3.05) is 18.4 Å². The van der Waals surface area contributed by atoms with Gasteiger partial charge in [0.2, 0.25) is 0 Å². The number of hydrogen-bond donors (Lipinski definition) is 3. The monoisotopic (exact) mass is 708 g/mol. The van der Waals surface area contributed by atoms with Crippen LogP contribution in [0.2, 0.25) is 0 Å². The SMILES string of the molecule is CC1=CCC[C@@]2(C)[C@@H](CC[C@@]2(O)CN(C[C@@H]2CC[C@H]3C[C@@H]2C3(C)C)C(=O)Nc2ccccc2)c2ccc(cc2C(=O)C2CCCCC2)C[C@@H](O)CC1. The van der Waals surface area contributed by atoms with Crippen LogP contribution >= 0.6 is 0 Å². The molecule has 0 heterocycles. The molecule has 5 fully saturated rings. The van der Waals surface area contributed by atoms with Crippen molar-refractivity contribution in [3.8, 4) is 0 Å². The lowest BCUT2D eigenvalue weighted by Gasteiger charge is -2.60. The summed E-state index contributed by atoms with van der Waals surface area (Å²) in [6.07, 6.45) is 15.6. The van der Waals surface area contributed by atoms with E-state index in [1.165, 1.54) is 24.8 Å². The summed E-state index contributed by atoms with van der Waals surface area (Å²) in [6.45, 7) is 10.1. The van der Waals surface area contributed by atoms with E-state index in [4.69, 9.17) is 0 Å². The molecule has 0 aromatic heterocycles. The molecular weight excluding hydrogens is 645 g/mol. The van der Waals surface area contributed by atoms with Crippen LogP contribution in [0.3, 0.4) is 0 Å². The molecule has 0 radical (unpaired) electrons. The van der Waals surface area contributed by atoms with E-state index in [0.29, 0.717) is 43.1 Å². The Bertz CT molecular complexity index is 1630. The Hall–Kier alpha value is -2.96. The molecule has 2 amide bonds. The number of ketones is 1. The van der Waals surface area contributed by atoms with E-state index >= 15 is 0 Å². The minimum absolute atomic E-state index is 0.0318. The summed E-state index contributed by atoms with van der Waals surface area (Å²) in [4.78, 5) is 30.8. The number of para-hydroxylation sites is 1. The molecule has 282 valence electrons. The number of nitrogens with one attached hydrogen (secondary N) is 1. The Morgan fingerprint density at radius 3 is 2.42 bits per heavy atom. The van der Waals surface area contributed by atoms with Crippen molar-refractivity contribution < 1.29 is 19.8 Å². The molecule has 7 aliphatic carbocycles. The van der Waals surface area contributed by atoms with Crippen LogP contribution in [0.5, 0.6) is 0 Å². The molecule has 3 N–H and O–H groups in total. The first-order chi connectivity index (χ1) is 24.9. The van der Waals surface area contributed by atoms with Crippen LogP contribution in [0, 0.1) is 34.5 Å². The second-order valence-electron chi connectivity index (χ2n) is 18.5. The third-order valence-corrected chi connectivity index (χ3v) is 15.1. The number of urea groups is 1. The second kappa shape index (κ2) is 15.1. The number of anilines is 1. The maximum Gasteiger partial charge on any atom is 0.321 e. The number of hydrogen-bond acceptors (Lipinski definition) is 4. The first kappa shape index (κ1) is 37.4. The molecular formula is C46H64N2O4. The molecule has 0 aliphatic heterocycles. The van der Waals surface area contributed by atoms with E-state index < -0.39 is 17.1 Å². The molecule has 7 aliphatic rings. The maximum atomic E-state index is 14.5. The number of amides is 2. The number of carbonyl (C=O) groups excluding carboxylic acids is 2. The van der Waals surface area contributed by atoms with Gasteiger partial charge in [-0.2, -0.15) is 0 Å². The lowest BCUT2D eigenvalue weighted by atomic mass is 9.45. The number of fused-ring (bicyclic) bond motifs is 10. The molecule has 0 spiro atoms. The summed E-state index contributed by atoms with van der Waals surface area (Å²) in [6, 6.07) is 15.9. The largest absolute Gasteiger partial charge is 0.393 e. The quantitative estimate of drug-likeness (QED) is 0.197. The van der Waals surface area contributed by atoms with Gasteiger partial charge in [-0.25, -0.2) is 4.79 Å². The van der Waals surface area contributed by atoms with Gasteiger partial charge in [0.25, 0.3) is 0 Å². The first-order valence-corrected chi connectivity index (χ1v) is 20.7. The van der Waals surface area contributed by atoms with Gasteiger partial charge < -0.3 is 20.4 Å². The van der Waals surface area contributed by atoms with Crippen molar-refractivity contribution in [2.24, 2.45) is 34.5 Å². The number of aliphatic hydroxyl groups is 2. The van der Waals surface area contributed by atoms with Crippen molar-refractivity contribution in [3.63, 3.8) is 0 Å². The van der Waals surface area contributed by atoms with Crippen molar-refractivity contribution in [1.82, 2.24) is 4.90 Å². The number of benzene rings is 2. The van der Waals surface area contributed by atoms with E-state index in [9.17, 15) is 19.8 Å². The van der Waals surface area contributed by atoms with Crippen LogP contribution in [-0.2, 0) is 6.42 Å². The summed E-state index contributed by atoms with van der Waals surface area (Å²) in [5.41, 5.74) is 3.49. The normalized spacial score (nSPS) is 33.3. The highest BCUT2D eigenvalue weighted by atomic mass is 16.3. The van der Waals surface area contributed by atoms with Crippen LogP contribution in [0.15, 0.2) is 60.2 Å². The fourth-order valence-corrected chi connectivity index (χ4v) is 11.5. The number of aliphatic hydroxyl groups excluding tert-OH is 1. The first-order valence-electron chi connectivity index (χ1n) is 20.7. The molecule has 5 saturated carbocycles. The van der Waals surface area contributed by atoms with E-state index in [2.05, 4.69) is 57.3 Å². The lowest BCUT2D eigenvalue weighted by molar-refractivity contribution is -0.117. The summed E-state index contributed by atoms with van der Waals surface area (Å²) in [5, 5.41) is 27.4. The van der Waals surface area contributed by atoms with E-state index in [-0.39, 0.29) is 30.2 Å². The molecule has 6 heteroatoms. The Labute approximate surface area is 312 Å². The second-order valence-corrected chi connectivity index (χ2v) is 18.5. The number of Topliss-reactive ketones (excluding diaryl/α,β-unsaturated/α-hetero) is 1. The van der Waals surface area contributed by atoms with Gasteiger partial charge in [0, 0.05) is 29.1 Å². The lowest BCUT2D eigenvalue weighted by Crippen LogP contribution is -2.58. The van der Waals surface area contributed by atoms with Gasteiger partial charge in [-0.05, 0) is 142 Å². The van der Waals surface area contributed by atoms with Crippen molar-refractivity contribution in [3.05, 3.63) is 76.9 Å². The summed E-state index contributed by atoms with van der Waals surface area (Å²) < 4.78 is 0. The smallest absolute Gasteiger partial charge is 0.321 e. The number of rotatable bonds is 7. The Balaban J connectivity index is 1.25. The minimum Gasteiger partial charge on any atom is -0.393 e. The van der Waals surface area contributed by atoms with Crippen LogP contribution in [-0.4, -0.2) is 51.7 Å². The average molecular weight is 709 g/mol. The fraction of sp³-hybridized carbons (Fsp3) is 0.652. The van der Waals surface area contributed by atoms with Crippen molar-refractivity contribution in [1.29, 1.82) is 0 Å². The molecule has 4 bridgehead atoms. The van der Waals surface area contributed by atoms with Gasteiger partial charge in [-0.15, -0.1) is 0 Å². The van der Waals surface area contributed by atoms with Gasteiger partial charge in [0.1, 0.15) is 0 Å². The summed E-state index contributed by atoms with van der Waals surface area (Å²) in [5.74, 6) is 2.03. The van der Waals surface area contributed by atoms with Gasteiger partial charge in [-0.3, -0.25) is 4.79 Å². The highest BCUT2D eigenvalue weighted by molar-refractivity contribution is 5.99. The summed E-state index contributed by atoms with van der Waals surface area (Å²) in [7, 11) is 0. The van der Waals surface area contributed by atoms with Crippen LogP contribution in [0.4, 0.5) is 10.5 Å². The standard InChI is InChI=1S/C46H64N2O4/c1-31-12-11-24-45(4)40(38-22-18-32(26-37(49)21-17-31)27-39(38)42(50)33-13-7-5-8-14-33)23-25-46(45,52)30-48(43(51)47-36-15-9-6-10-16-36)29-34-19-20-35-28-41(34)44(35,2)3/h6,9-10,12,15-16,18,22,27,33-35,37,40-41,49,52H,5,7-8,11,13-14,17,19-21,23-26,28-30H2,1-4H3,(H,47,51)/t34-,35-,37-,40-,41-,45-,46+/m0/s1. The third-order valence-electron chi connectivity index (χ3n) is 15.1. The molecule has 0 unspecified atom stereocenters. The van der Waals surface area contributed by atoms with E-state index in [1.54, 1.807) is 0 Å². The highest BCUT2D eigenvalue weighted by Gasteiger charge is 2.59. The third kappa shape index (κ3) is 7.28. The molecule has 0 saturated heterocycles. The van der Waals surface area contributed by atoms with Crippen LogP contribution < -0.4 is 5.32 Å². The zero-order chi connectivity index (χ0) is 36.7. The molecule has 2 aromatic carbocycles. The predicted molar refractivity (Wildman–Crippen MR) is 209 cm³/mol. The zero-order valence-corrected chi connectivity index (χ0v) is 32.3. The van der Waals surface area contributed by atoms with Crippen LogP contribution in [0.1, 0.15) is 145 Å². The van der Waals surface area contributed by atoms with E-state index in [1.807, 2.05) is 35.2 Å². The van der Waals surface area contributed by atoms with E-state index in [0.717, 1.165) is 86.1 Å².